The van der Waals surface area contributed by atoms with E-state index in [1.807, 2.05) is 0 Å². The van der Waals surface area contributed by atoms with Crippen molar-refractivity contribution < 1.29 is 39.3 Å². The van der Waals surface area contributed by atoms with Crippen molar-refractivity contribution in [2.45, 2.75) is 43.8 Å². The summed E-state index contributed by atoms with van der Waals surface area (Å²) in [5.41, 5.74) is 16.2. The van der Waals surface area contributed by atoms with Crippen molar-refractivity contribution in [3.05, 3.63) is 29.8 Å². The third-order valence-electron chi connectivity index (χ3n) is 4.78. The second-order valence-electron chi connectivity index (χ2n) is 7.70. The third kappa shape index (κ3) is 11.1. The van der Waals surface area contributed by atoms with Gasteiger partial charge in [-0.1, -0.05) is 12.1 Å². The second kappa shape index (κ2) is 14.8. The number of hydrogen-bond acceptors (Lipinski definition) is 8. The highest BCUT2D eigenvalue weighted by Gasteiger charge is 2.31. The topological polar surface area (TPSA) is 273 Å². The van der Waals surface area contributed by atoms with Gasteiger partial charge in [0.1, 0.15) is 23.9 Å². The number of phenols is 1. The highest BCUT2D eigenvalue weighted by atomic mass is 16.4. The fourth-order valence-electron chi connectivity index (χ4n) is 3.02. The van der Waals surface area contributed by atoms with Gasteiger partial charge in [0.15, 0.2) is 5.96 Å². The van der Waals surface area contributed by atoms with Gasteiger partial charge in [0.05, 0.1) is 13.0 Å². The average Bonchev–Trinajstić information content (AvgIpc) is 2.80. The Bertz CT molecular complexity index is 964. The average molecular weight is 510 g/mol. The molecule has 3 unspecified atom stereocenters. The maximum absolute atomic E-state index is 12.8. The lowest BCUT2D eigenvalue weighted by molar-refractivity contribution is -0.143. The van der Waals surface area contributed by atoms with Crippen molar-refractivity contribution in [2.24, 2.45) is 22.2 Å². The minimum Gasteiger partial charge on any atom is -0.508 e. The summed E-state index contributed by atoms with van der Waals surface area (Å²) in [6, 6.07) is 1.31. The standard InChI is InChI=1S/C21H31N7O8/c22-10-16(30)26-13(2-1-7-25-21(23)24)18(33)27-14(9-17(31)32)19(34)28-15(20(35)36)8-11-3-5-12(29)6-4-11/h3-6,13-15,29H,1-2,7-10,22H2,(H,26,30)(H,27,33)(H,28,34)(H,31,32)(H,35,36)(H4,23,24,25). The molecule has 3 amide bonds. The van der Waals surface area contributed by atoms with Crippen LogP contribution in [-0.4, -0.2) is 82.2 Å². The van der Waals surface area contributed by atoms with Gasteiger partial charge in [-0.2, -0.15) is 0 Å². The van der Waals surface area contributed by atoms with Crippen LogP contribution in [0.5, 0.6) is 5.75 Å². The van der Waals surface area contributed by atoms with E-state index in [1.165, 1.54) is 24.3 Å². The second-order valence-corrected chi connectivity index (χ2v) is 7.70. The van der Waals surface area contributed by atoms with Crippen molar-refractivity contribution in [1.29, 1.82) is 0 Å². The van der Waals surface area contributed by atoms with Gasteiger partial charge < -0.3 is 48.5 Å². The first-order valence-corrected chi connectivity index (χ1v) is 10.8. The number of nitrogens with one attached hydrogen (secondary N) is 3. The predicted molar refractivity (Wildman–Crippen MR) is 126 cm³/mol. The number of rotatable bonds is 15. The molecule has 0 heterocycles. The summed E-state index contributed by atoms with van der Waals surface area (Å²) < 4.78 is 0. The molecule has 36 heavy (non-hydrogen) atoms. The number of aliphatic carboxylic acids is 2. The van der Waals surface area contributed by atoms with Crippen LogP contribution in [0.3, 0.4) is 0 Å². The molecule has 1 aromatic carbocycles. The number of guanidine groups is 1. The number of carbonyl (C=O) groups excluding carboxylic acids is 3. The smallest absolute Gasteiger partial charge is 0.326 e. The molecule has 0 bridgehead atoms. The largest absolute Gasteiger partial charge is 0.508 e. The third-order valence-corrected chi connectivity index (χ3v) is 4.78. The lowest BCUT2D eigenvalue weighted by Gasteiger charge is -2.23. The SMILES string of the molecule is NCC(=O)NC(CCCN=C(N)N)C(=O)NC(CC(=O)O)C(=O)NC(Cc1ccc(O)cc1)C(=O)O. The summed E-state index contributed by atoms with van der Waals surface area (Å²) in [4.78, 5) is 64.1. The van der Waals surface area contributed by atoms with Gasteiger partial charge in [0, 0.05) is 13.0 Å². The molecule has 1 aromatic rings. The van der Waals surface area contributed by atoms with E-state index in [0.717, 1.165) is 0 Å². The van der Waals surface area contributed by atoms with Gasteiger partial charge in [0.25, 0.3) is 0 Å². The Morgan fingerprint density at radius 3 is 2.00 bits per heavy atom. The van der Waals surface area contributed by atoms with Gasteiger partial charge >= 0.3 is 11.9 Å². The number of aliphatic imine (C=N–C) groups is 1. The Balaban J connectivity index is 2.97. The van der Waals surface area contributed by atoms with Crippen molar-refractivity contribution in [2.75, 3.05) is 13.1 Å². The molecule has 0 saturated heterocycles. The molecule has 0 radical (unpaired) electrons. The van der Waals surface area contributed by atoms with Crippen LogP contribution in [0.4, 0.5) is 0 Å². The predicted octanol–water partition coefficient (Wildman–Crippen LogP) is -3.04. The normalized spacial score (nSPS) is 12.9. The summed E-state index contributed by atoms with van der Waals surface area (Å²) in [6.07, 6.45) is -0.734. The van der Waals surface area contributed by atoms with Crippen molar-refractivity contribution >= 4 is 35.6 Å². The van der Waals surface area contributed by atoms with Gasteiger partial charge in [0.2, 0.25) is 17.7 Å². The summed E-state index contributed by atoms with van der Waals surface area (Å²) in [7, 11) is 0. The summed E-state index contributed by atoms with van der Waals surface area (Å²) in [5.74, 6) is -5.64. The molecule has 0 aromatic heterocycles. The van der Waals surface area contributed by atoms with Gasteiger partial charge in [-0.15, -0.1) is 0 Å². The number of carboxylic acid groups (broad SMARTS) is 2. The fraction of sp³-hybridized carbons (Fsp3) is 0.429. The Morgan fingerprint density at radius 1 is 0.889 bits per heavy atom. The Kier molecular flexibility index (Phi) is 12.2. The van der Waals surface area contributed by atoms with Crippen LogP contribution >= 0.6 is 0 Å². The van der Waals surface area contributed by atoms with E-state index in [4.69, 9.17) is 17.2 Å². The Labute approximate surface area is 206 Å². The molecule has 0 spiro atoms. The van der Waals surface area contributed by atoms with Crippen LogP contribution in [0.2, 0.25) is 0 Å². The molecule has 15 nitrogen and oxygen atoms in total. The Morgan fingerprint density at radius 2 is 1.47 bits per heavy atom. The van der Waals surface area contributed by atoms with Crippen molar-refractivity contribution in [3.63, 3.8) is 0 Å². The lowest BCUT2D eigenvalue weighted by Crippen LogP contribution is -2.57. The molecular formula is C21H31N7O8. The first kappa shape index (κ1) is 29.6. The van der Waals surface area contributed by atoms with Crippen LogP contribution in [0.25, 0.3) is 0 Å². The first-order valence-electron chi connectivity index (χ1n) is 10.8. The lowest BCUT2D eigenvalue weighted by atomic mass is 10.0. The molecule has 1 rings (SSSR count). The number of nitrogens with zero attached hydrogens (tertiary/aromatic N) is 1. The Hall–Kier alpha value is -4.40. The van der Waals surface area contributed by atoms with E-state index in [9.17, 15) is 39.3 Å². The van der Waals surface area contributed by atoms with Gasteiger partial charge in [-0.25, -0.2) is 4.79 Å². The van der Waals surface area contributed by atoms with E-state index in [1.54, 1.807) is 0 Å². The van der Waals surface area contributed by atoms with Gasteiger partial charge in [-0.05, 0) is 30.5 Å². The molecular weight excluding hydrogens is 478 g/mol. The number of carbonyl (C=O) groups is 5. The van der Waals surface area contributed by atoms with Crippen molar-refractivity contribution in [1.82, 2.24) is 16.0 Å². The molecule has 15 heteroatoms. The van der Waals surface area contributed by atoms with Crippen molar-refractivity contribution in [3.8, 4) is 5.75 Å². The summed E-state index contributed by atoms with van der Waals surface area (Å²) in [5, 5.41) is 34.9. The minimum absolute atomic E-state index is 0.0338. The summed E-state index contributed by atoms with van der Waals surface area (Å²) in [6.45, 7) is -0.282. The quantitative estimate of drug-likeness (QED) is 0.0651. The number of phenolic OH excluding ortho intramolecular Hbond substituents is 1. The van der Waals surface area contributed by atoms with E-state index in [-0.39, 0.29) is 37.5 Å². The number of amides is 3. The molecule has 0 aliphatic heterocycles. The van der Waals surface area contributed by atoms with Gasteiger partial charge in [-0.3, -0.25) is 24.2 Å². The zero-order chi connectivity index (χ0) is 27.3. The van der Waals surface area contributed by atoms with E-state index >= 15 is 0 Å². The molecule has 3 atom stereocenters. The van der Waals surface area contributed by atoms with Crippen LogP contribution in [0.1, 0.15) is 24.8 Å². The number of nitrogens with two attached hydrogens (primary N) is 3. The molecule has 0 aliphatic rings. The molecule has 0 aliphatic carbocycles. The molecule has 0 fully saturated rings. The monoisotopic (exact) mass is 509 g/mol. The maximum atomic E-state index is 12.8. The number of aromatic hydroxyl groups is 1. The van der Waals surface area contributed by atoms with E-state index in [2.05, 4.69) is 20.9 Å². The number of carboxylic acids is 2. The molecule has 12 N–H and O–H groups in total. The zero-order valence-corrected chi connectivity index (χ0v) is 19.3. The molecule has 198 valence electrons. The maximum Gasteiger partial charge on any atom is 0.326 e. The van der Waals surface area contributed by atoms with Crippen LogP contribution in [-0.2, 0) is 30.4 Å². The van der Waals surface area contributed by atoms with E-state index < -0.39 is 60.8 Å². The van der Waals surface area contributed by atoms with E-state index in [0.29, 0.717) is 5.56 Å². The highest BCUT2D eigenvalue weighted by Crippen LogP contribution is 2.12. The van der Waals surface area contributed by atoms with Crippen LogP contribution in [0, 0.1) is 0 Å². The van der Waals surface area contributed by atoms with Crippen LogP contribution in [0.15, 0.2) is 29.3 Å². The highest BCUT2D eigenvalue weighted by molar-refractivity contribution is 5.95. The number of hydrogen-bond donors (Lipinski definition) is 9. The summed E-state index contributed by atoms with van der Waals surface area (Å²) >= 11 is 0. The first-order chi connectivity index (χ1) is 16.9. The van der Waals surface area contributed by atoms with Crippen LogP contribution < -0.4 is 33.2 Å². The minimum atomic E-state index is -1.65. The number of benzene rings is 1. The fourth-order valence-corrected chi connectivity index (χ4v) is 3.02. The zero-order valence-electron chi connectivity index (χ0n) is 19.3. The molecule has 0 saturated carbocycles.